The minimum atomic E-state index is -0.619. The Morgan fingerprint density at radius 2 is 1.87 bits per heavy atom. The Labute approximate surface area is 179 Å². The van der Waals surface area contributed by atoms with Gasteiger partial charge in [-0.25, -0.2) is 18.9 Å². The molecule has 162 valence electrons. The zero-order valence-electron chi connectivity index (χ0n) is 17.8. The third-order valence-electron chi connectivity index (χ3n) is 6.03. The van der Waals surface area contributed by atoms with E-state index in [1.54, 1.807) is 48.3 Å². The van der Waals surface area contributed by atoms with Gasteiger partial charge in [0.25, 0.3) is 5.56 Å². The Morgan fingerprint density at radius 1 is 1.13 bits per heavy atom. The van der Waals surface area contributed by atoms with Crippen LogP contribution in [0.4, 0.5) is 0 Å². The second-order valence-electron chi connectivity index (χ2n) is 7.85. The minimum absolute atomic E-state index is 0.149. The highest BCUT2D eigenvalue weighted by Crippen LogP contribution is 2.23. The largest absolute Gasteiger partial charge is 0.495 e. The van der Waals surface area contributed by atoms with Crippen molar-refractivity contribution >= 4 is 16.9 Å². The van der Waals surface area contributed by atoms with E-state index < -0.39 is 11.2 Å². The maximum absolute atomic E-state index is 13.5. The van der Waals surface area contributed by atoms with Gasteiger partial charge >= 0.3 is 5.69 Å². The Kier molecular flexibility index (Phi) is 5.88. The van der Waals surface area contributed by atoms with E-state index in [2.05, 4.69) is 4.98 Å². The van der Waals surface area contributed by atoms with Crippen LogP contribution >= 0.6 is 0 Å². The molecule has 1 aliphatic rings. The summed E-state index contributed by atoms with van der Waals surface area (Å²) in [6, 6.07) is 10.4. The highest BCUT2D eigenvalue weighted by atomic mass is 16.5. The fourth-order valence-corrected chi connectivity index (χ4v) is 4.28. The number of methoxy groups -OCH3 is 1. The van der Waals surface area contributed by atoms with Gasteiger partial charge in [-0.05, 0) is 37.1 Å². The van der Waals surface area contributed by atoms with Gasteiger partial charge in [-0.1, -0.05) is 31.4 Å². The number of ether oxygens (including phenoxy) is 1. The van der Waals surface area contributed by atoms with Crippen molar-refractivity contribution in [1.29, 1.82) is 0 Å². The quantitative estimate of drug-likeness (QED) is 0.630. The lowest BCUT2D eigenvalue weighted by atomic mass is 9.94. The molecule has 0 unspecified atom stereocenters. The molecule has 0 aliphatic heterocycles. The Balaban J connectivity index is 1.84. The van der Waals surface area contributed by atoms with Crippen LogP contribution in [0.3, 0.4) is 0 Å². The number of benzene rings is 1. The molecule has 2 aromatic heterocycles. The predicted molar refractivity (Wildman–Crippen MR) is 118 cm³/mol. The van der Waals surface area contributed by atoms with Gasteiger partial charge in [-0.2, -0.15) is 0 Å². The molecular formula is C23H26N4O4. The van der Waals surface area contributed by atoms with Crippen molar-refractivity contribution in [3.05, 3.63) is 63.4 Å². The second-order valence-corrected chi connectivity index (χ2v) is 7.85. The lowest BCUT2D eigenvalue weighted by molar-refractivity contribution is -0.133. The highest BCUT2D eigenvalue weighted by Gasteiger charge is 2.24. The first-order chi connectivity index (χ1) is 15.0. The number of amides is 1. The lowest BCUT2D eigenvalue weighted by Gasteiger charge is -2.31. The van der Waals surface area contributed by atoms with Crippen molar-refractivity contribution in [3.63, 3.8) is 0 Å². The number of hydrogen-bond donors (Lipinski definition) is 0. The van der Waals surface area contributed by atoms with Crippen LogP contribution in [-0.4, -0.2) is 45.1 Å². The molecule has 0 N–H and O–H groups in total. The van der Waals surface area contributed by atoms with E-state index in [4.69, 9.17) is 4.74 Å². The number of hydrogen-bond acceptors (Lipinski definition) is 5. The number of aromatic nitrogens is 3. The van der Waals surface area contributed by atoms with E-state index in [1.807, 2.05) is 0 Å². The summed E-state index contributed by atoms with van der Waals surface area (Å²) in [7, 11) is 3.27. The van der Waals surface area contributed by atoms with Crippen LogP contribution in [0, 0.1) is 0 Å². The third-order valence-corrected chi connectivity index (χ3v) is 6.03. The number of carbonyl (C=O) groups is 1. The molecule has 2 heterocycles. The van der Waals surface area contributed by atoms with Crippen LogP contribution in [0.15, 0.2) is 52.2 Å². The average Bonchev–Trinajstić information content (AvgIpc) is 2.82. The van der Waals surface area contributed by atoms with Gasteiger partial charge in [0.05, 0.1) is 18.2 Å². The van der Waals surface area contributed by atoms with E-state index in [0.717, 1.165) is 30.3 Å². The molecule has 4 rings (SSSR count). The zero-order valence-corrected chi connectivity index (χ0v) is 17.8. The summed E-state index contributed by atoms with van der Waals surface area (Å²) in [5.41, 5.74) is -0.456. The van der Waals surface area contributed by atoms with E-state index in [9.17, 15) is 14.4 Å². The molecule has 8 heteroatoms. The maximum atomic E-state index is 13.5. The van der Waals surface area contributed by atoms with Gasteiger partial charge in [0.2, 0.25) is 5.91 Å². The zero-order chi connectivity index (χ0) is 22.0. The van der Waals surface area contributed by atoms with Crippen LogP contribution in [0.2, 0.25) is 0 Å². The minimum Gasteiger partial charge on any atom is -0.495 e. The molecule has 31 heavy (non-hydrogen) atoms. The lowest BCUT2D eigenvalue weighted by Crippen LogP contribution is -2.46. The van der Waals surface area contributed by atoms with Crippen molar-refractivity contribution in [2.45, 2.75) is 44.7 Å². The molecule has 0 radical (unpaired) electrons. The number of fused-ring (bicyclic) bond motifs is 1. The first-order valence-electron chi connectivity index (χ1n) is 10.5. The molecule has 1 saturated carbocycles. The van der Waals surface area contributed by atoms with Crippen molar-refractivity contribution in [3.8, 4) is 11.4 Å². The Hall–Kier alpha value is -3.42. The summed E-state index contributed by atoms with van der Waals surface area (Å²) in [5, 5.41) is 0.265. The summed E-state index contributed by atoms with van der Waals surface area (Å²) in [5.74, 6) is 0.216. The van der Waals surface area contributed by atoms with Crippen LogP contribution in [-0.2, 0) is 11.3 Å². The van der Waals surface area contributed by atoms with E-state index in [-0.39, 0.29) is 29.5 Å². The molecule has 1 aliphatic carbocycles. The molecule has 1 fully saturated rings. The fourth-order valence-electron chi connectivity index (χ4n) is 4.28. The van der Waals surface area contributed by atoms with Crippen LogP contribution in [0.25, 0.3) is 16.7 Å². The number of nitrogens with zero attached hydrogens (tertiary/aromatic N) is 4. The first-order valence-corrected chi connectivity index (χ1v) is 10.5. The summed E-state index contributed by atoms with van der Waals surface area (Å²) in [6.45, 7) is -0.315. The summed E-state index contributed by atoms with van der Waals surface area (Å²) >= 11 is 0. The number of likely N-dealkylation sites (N-methyl/N-ethyl adjacent to an activating group) is 1. The molecule has 3 aromatic rings. The standard InChI is InChI=1S/C23H26N4O4/c1-25(16-9-4-3-5-10-16)20(28)15-26-22(29)17-11-8-14-24-21(17)27(23(26)30)18-12-6-7-13-19(18)31-2/h6-8,11-14,16H,3-5,9-10,15H2,1-2H3. The van der Waals surface area contributed by atoms with Gasteiger partial charge in [0.1, 0.15) is 12.3 Å². The van der Waals surface area contributed by atoms with Gasteiger partial charge in [0.15, 0.2) is 5.65 Å². The van der Waals surface area contributed by atoms with Crippen LogP contribution in [0.1, 0.15) is 32.1 Å². The van der Waals surface area contributed by atoms with Crippen molar-refractivity contribution < 1.29 is 9.53 Å². The molecule has 0 saturated heterocycles. The monoisotopic (exact) mass is 422 g/mol. The van der Waals surface area contributed by atoms with Crippen LogP contribution in [0.5, 0.6) is 5.75 Å². The topological polar surface area (TPSA) is 86.4 Å². The first kappa shape index (κ1) is 20.8. The number of para-hydroxylation sites is 2. The van der Waals surface area contributed by atoms with Crippen LogP contribution < -0.4 is 16.0 Å². The Bertz CT molecular complexity index is 1220. The van der Waals surface area contributed by atoms with E-state index in [0.29, 0.717) is 11.4 Å². The SMILES string of the molecule is COc1ccccc1-n1c(=O)n(CC(=O)N(C)C2CCCCC2)c(=O)c2cccnc21. The molecular weight excluding hydrogens is 396 g/mol. The highest BCUT2D eigenvalue weighted by molar-refractivity contribution is 5.78. The summed E-state index contributed by atoms with van der Waals surface area (Å²) in [4.78, 5) is 45.6. The van der Waals surface area contributed by atoms with Gasteiger partial charge in [0, 0.05) is 19.3 Å². The predicted octanol–water partition coefficient (Wildman–Crippen LogP) is 2.35. The summed E-state index contributed by atoms with van der Waals surface area (Å²) in [6.07, 6.45) is 6.78. The smallest absolute Gasteiger partial charge is 0.337 e. The molecule has 0 spiro atoms. The van der Waals surface area contributed by atoms with Gasteiger partial charge in [-0.3, -0.25) is 9.59 Å². The number of rotatable bonds is 5. The third kappa shape index (κ3) is 3.85. The van der Waals surface area contributed by atoms with Gasteiger partial charge < -0.3 is 9.64 Å². The van der Waals surface area contributed by atoms with E-state index in [1.165, 1.54) is 24.3 Å². The summed E-state index contributed by atoms with van der Waals surface area (Å²) < 4.78 is 7.76. The molecule has 0 atom stereocenters. The molecule has 1 amide bonds. The second kappa shape index (κ2) is 8.75. The van der Waals surface area contributed by atoms with E-state index >= 15 is 0 Å². The number of carbonyl (C=O) groups excluding carboxylic acids is 1. The molecule has 0 bridgehead atoms. The molecule has 8 nitrogen and oxygen atoms in total. The normalized spacial score (nSPS) is 14.5. The Morgan fingerprint density at radius 3 is 2.61 bits per heavy atom. The van der Waals surface area contributed by atoms with Gasteiger partial charge in [-0.15, -0.1) is 0 Å². The van der Waals surface area contributed by atoms with Crippen molar-refractivity contribution in [2.75, 3.05) is 14.2 Å². The maximum Gasteiger partial charge on any atom is 0.337 e. The average molecular weight is 422 g/mol. The van der Waals surface area contributed by atoms with Crippen molar-refractivity contribution in [1.82, 2.24) is 19.0 Å². The number of pyridine rings is 1. The molecule has 1 aromatic carbocycles. The van der Waals surface area contributed by atoms with Crippen molar-refractivity contribution in [2.24, 2.45) is 0 Å². The fraction of sp³-hybridized carbons (Fsp3) is 0.391.